The highest BCUT2D eigenvalue weighted by atomic mass is 32.2. The topological polar surface area (TPSA) is 36.7 Å². The van der Waals surface area contributed by atoms with Crippen molar-refractivity contribution in [3.63, 3.8) is 0 Å². The summed E-state index contributed by atoms with van der Waals surface area (Å²) in [5.41, 5.74) is -0.744. The summed E-state index contributed by atoms with van der Waals surface area (Å²) in [6, 6.07) is 12.7. The number of nitriles is 1. The Bertz CT molecular complexity index is 521. The zero-order chi connectivity index (χ0) is 10.7. The number of para-hydroxylation sites is 1. The number of rotatable bonds is 2. The average molecular weight is 218 g/mol. The SMILES string of the molecule is N#CC(F)Sc1ccc2ccccc2n1. The van der Waals surface area contributed by atoms with Crippen molar-refractivity contribution in [1.82, 2.24) is 4.98 Å². The fourth-order valence-electron chi connectivity index (χ4n) is 1.25. The van der Waals surface area contributed by atoms with E-state index in [-0.39, 0.29) is 0 Å². The molecule has 1 heterocycles. The molecule has 0 aliphatic heterocycles. The number of benzene rings is 1. The van der Waals surface area contributed by atoms with Crippen LogP contribution in [0.2, 0.25) is 0 Å². The molecule has 15 heavy (non-hydrogen) atoms. The van der Waals surface area contributed by atoms with Gasteiger partial charge < -0.3 is 0 Å². The normalized spacial score (nSPS) is 12.3. The fraction of sp³-hybridized carbons (Fsp3) is 0.0909. The van der Waals surface area contributed by atoms with Gasteiger partial charge in [-0.3, -0.25) is 0 Å². The van der Waals surface area contributed by atoms with Gasteiger partial charge in [-0.2, -0.15) is 5.26 Å². The number of nitrogens with zero attached hydrogens (tertiary/aromatic N) is 2. The van der Waals surface area contributed by atoms with Crippen molar-refractivity contribution in [2.75, 3.05) is 0 Å². The van der Waals surface area contributed by atoms with Crippen molar-refractivity contribution in [3.05, 3.63) is 36.4 Å². The van der Waals surface area contributed by atoms with Gasteiger partial charge in [-0.1, -0.05) is 36.0 Å². The highest BCUT2D eigenvalue weighted by molar-refractivity contribution is 7.99. The maximum atomic E-state index is 12.8. The molecule has 0 N–H and O–H groups in total. The Balaban J connectivity index is 2.35. The highest BCUT2D eigenvalue weighted by Crippen LogP contribution is 2.24. The van der Waals surface area contributed by atoms with Crippen LogP contribution in [-0.4, -0.2) is 10.5 Å². The number of thioether (sulfide) groups is 1. The molecule has 0 fully saturated rings. The lowest BCUT2D eigenvalue weighted by Gasteiger charge is -2.01. The summed E-state index contributed by atoms with van der Waals surface area (Å²) in [6.07, 6.45) is 0. The predicted octanol–water partition coefficient (Wildman–Crippen LogP) is 3.15. The molecule has 74 valence electrons. The minimum absolute atomic E-state index is 0.530. The van der Waals surface area contributed by atoms with E-state index < -0.39 is 5.50 Å². The molecule has 0 radical (unpaired) electrons. The third kappa shape index (κ3) is 2.25. The van der Waals surface area contributed by atoms with Crippen molar-refractivity contribution in [2.24, 2.45) is 0 Å². The maximum absolute atomic E-state index is 12.8. The van der Waals surface area contributed by atoms with E-state index in [1.165, 1.54) is 6.07 Å². The summed E-state index contributed by atoms with van der Waals surface area (Å²) >= 11 is 0.820. The smallest absolute Gasteiger partial charge is 0.237 e. The van der Waals surface area contributed by atoms with Crippen LogP contribution in [-0.2, 0) is 0 Å². The number of hydrogen-bond donors (Lipinski definition) is 0. The van der Waals surface area contributed by atoms with E-state index in [0.29, 0.717) is 5.03 Å². The van der Waals surface area contributed by atoms with Gasteiger partial charge in [0.05, 0.1) is 5.52 Å². The lowest BCUT2D eigenvalue weighted by Crippen LogP contribution is -1.89. The van der Waals surface area contributed by atoms with Gasteiger partial charge in [0.2, 0.25) is 5.50 Å². The first kappa shape index (κ1) is 9.94. The van der Waals surface area contributed by atoms with Crippen molar-refractivity contribution in [3.8, 4) is 6.07 Å². The van der Waals surface area contributed by atoms with E-state index in [0.717, 1.165) is 22.7 Å². The van der Waals surface area contributed by atoms with Crippen LogP contribution in [0.5, 0.6) is 0 Å². The monoisotopic (exact) mass is 218 g/mol. The summed E-state index contributed by atoms with van der Waals surface area (Å²) in [5, 5.41) is 9.87. The number of pyridine rings is 1. The molecular formula is C11H7FN2S. The van der Waals surface area contributed by atoms with E-state index in [1.54, 1.807) is 6.07 Å². The van der Waals surface area contributed by atoms with Crippen molar-refractivity contribution >= 4 is 22.7 Å². The highest BCUT2D eigenvalue weighted by Gasteiger charge is 2.07. The Morgan fingerprint density at radius 2 is 2.07 bits per heavy atom. The summed E-state index contributed by atoms with van der Waals surface area (Å²) in [4.78, 5) is 4.23. The molecule has 1 aromatic carbocycles. The lowest BCUT2D eigenvalue weighted by molar-refractivity contribution is 0.528. The Hall–Kier alpha value is -1.60. The molecule has 2 rings (SSSR count). The molecular weight excluding hydrogens is 211 g/mol. The van der Waals surface area contributed by atoms with Crippen LogP contribution in [0.25, 0.3) is 10.9 Å². The maximum Gasteiger partial charge on any atom is 0.237 e. The van der Waals surface area contributed by atoms with Gasteiger partial charge in [0.25, 0.3) is 0 Å². The molecule has 0 saturated heterocycles. The second kappa shape index (κ2) is 4.28. The molecule has 1 aromatic heterocycles. The number of alkyl halides is 1. The summed E-state index contributed by atoms with van der Waals surface area (Å²) < 4.78 is 12.8. The van der Waals surface area contributed by atoms with Gasteiger partial charge in [0, 0.05) is 5.39 Å². The minimum atomic E-state index is -1.56. The molecule has 2 nitrogen and oxygen atoms in total. The summed E-state index contributed by atoms with van der Waals surface area (Å²) in [6.45, 7) is 0. The minimum Gasteiger partial charge on any atom is -0.241 e. The fourth-order valence-corrected chi connectivity index (χ4v) is 1.81. The van der Waals surface area contributed by atoms with Gasteiger partial charge >= 0.3 is 0 Å². The van der Waals surface area contributed by atoms with E-state index in [2.05, 4.69) is 4.98 Å². The molecule has 0 aliphatic carbocycles. The first-order valence-electron chi connectivity index (χ1n) is 4.36. The van der Waals surface area contributed by atoms with Crippen LogP contribution in [0.15, 0.2) is 41.4 Å². The summed E-state index contributed by atoms with van der Waals surface area (Å²) in [5.74, 6) is 0. The van der Waals surface area contributed by atoms with E-state index in [9.17, 15) is 4.39 Å². The Morgan fingerprint density at radius 3 is 2.87 bits per heavy atom. The van der Waals surface area contributed by atoms with Gasteiger partial charge in [0.1, 0.15) is 11.1 Å². The average Bonchev–Trinajstić information content (AvgIpc) is 2.29. The first-order valence-corrected chi connectivity index (χ1v) is 5.24. The van der Waals surface area contributed by atoms with Crippen LogP contribution < -0.4 is 0 Å². The number of halogens is 1. The largest absolute Gasteiger partial charge is 0.241 e. The molecule has 0 bridgehead atoms. The van der Waals surface area contributed by atoms with Gasteiger partial charge in [-0.25, -0.2) is 9.37 Å². The van der Waals surface area contributed by atoms with Crippen LogP contribution in [0, 0.1) is 11.3 Å². The van der Waals surface area contributed by atoms with Crippen LogP contribution in [0.3, 0.4) is 0 Å². The molecule has 0 spiro atoms. The van der Waals surface area contributed by atoms with Gasteiger partial charge in [-0.15, -0.1) is 0 Å². The second-order valence-corrected chi connectivity index (χ2v) is 3.97. The quantitative estimate of drug-likeness (QED) is 0.726. The Morgan fingerprint density at radius 1 is 1.27 bits per heavy atom. The van der Waals surface area contributed by atoms with Crippen molar-refractivity contribution in [2.45, 2.75) is 10.5 Å². The van der Waals surface area contributed by atoms with Crippen LogP contribution in [0.4, 0.5) is 4.39 Å². The second-order valence-electron chi connectivity index (χ2n) is 2.91. The molecule has 0 amide bonds. The summed E-state index contributed by atoms with van der Waals surface area (Å²) in [7, 11) is 0. The standard InChI is InChI=1S/C11H7FN2S/c12-10(7-13)15-11-6-5-8-3-1-2-4-9(8)14-11/h1-6,10H. The van der Waals surface area contributed by atoms with Crippen molar-refractivity contribution < 1.29 is 4.39 Å². The third-order valence-electron chi connectivity index (χ3n) is 1.90. The zero-order valence-corrected chi connectivity index (χ0v) is 8.54. The molecule has 4 heteroatoms. The molecule has 0 aliphatic rings. The Labute approximate surface area is 90.7 Å². The van der Waals surface area contributed by atoms with E-state index in [4.69, 9.17) is 5.26 Å². The molecule has 0 saturated carbocycles. The number of aromatic nitrogens is 1. The zero-order valence-electron chi connectivity index (χ0n) is 7.72. The van der Waals surface area contributed by atoms with Crippen molar-refractivity contribution in [1.29, 1.82) is 5.26 Å². The number of fused-ring (bicyclic) bond motifs is 1. The molecule has 1 atom stereocenters. The third-order valence-corrected chi connectivity index (χ3v) is 2.68. The van der Waals surface area contributed by atoms with Crippen LogP contribution >= 0.6 is 11.8 Å². The number of hydrogen-bond acceptors (Lipinski definition) is 3. The van der Waals surface area contributed by atoms with Crippen LogP contribution in [0.1, 0.15) is 0 Å². The predicted molar refractivity (Wildman–Crippen MR) is 58.1 cm³/mol. The van der Waals surface area contributed by atoms with E-state index in [1.807, 2.05) is 30.3 Å². The van der Waals surface area contributed by atoms with Gasteiger partial charge in [-0.05, 0) is 12.1 Å². The first-order chi connectivity index (χ1) is 7.29. The van der Waals surface area contributed by atoms with Gasteiger partial charge in [0.15, 0.2) is 0 Å². The van der Waals surface area contributed by atoms with E-state index >= 15 is 0 Å². The molecule has 1 unspecified atom stereocenters. The lowest BCUT2D eigenvalue weighted by atomic mass is 10.2. The molecule has 2 aromatic rings. The Kier molecular flexibility index (Phi) is 2.84.